The fourth-order valence-corrected chi connectivity index (χ4v) is 3.03. The first-order valence-electron chi connectivity index (χ1n) is 7.15. The molecule has 0 aliphatic heterocycles. The van der Waals surface area contributed by atoms with Crippen LogP contribution in [-0.2, 0) is 6.54 Å². The summed E-state index contributed by atoms with van der Waals surface area (Å²) in [6.07, 6.45) is 9.71. The Kier molecular flexibility index (Phi) is 4.84. The number of nitrogens with two attached hydrogens (primary N) is 1. The summed E-state index contributed by atoms with van der Waals surface area (Å²) >= 11 is 0. The van der Waals surface area contributed by atoms with E-state index in [2.05, 4.69) is 11.9 Å². The van der Waals surface area contributed by atoms with Crippen molar-refractivity contribution in [1.82, 2.24) is 4.90 Å². The summed E-state index contributed by atoms with van der Waals surface area (Å²) in [7, 11) is 2.16. The predicted octanol–water partition coefficient (Wildman–Crippen LogP) is 3.01. The van der Waals surface area contributed by atoms with Gasteiger partial charge < -0.3 is 10.2 Å². The van der Waals surface area contributed by atoms with Crippen LogP contribution in [0.5, 0.6) is 0 Å². The van der Waals surface area contributed by atoms with Gasteiger partial charge in [-0.1, -0.05) is 19.3 Å². The lowest BCUT2D eigenvalue weighted by molar-refractivity contribution is 0.151. The molecule has 0 radical (unpaired) electrons. The molecule has 3 nitrogen and oxygen atoms in total. The van der Waals surface area contributed by atoms with Gasteiger partial charge in [-0.25, -0.2) is 0 Å². The molecule has 2 rings (SSSR count). The van der Waals surface area contributed by atoms with Gasteiger partial charge in [0.15, 0.2) is 0 Å². The summed E-state index contributed by atoms with van der Waals surface area (Å²) in [5, 5.41) is 0. The van der Waals surface area contributed by atoms with Crippen LogP contribution < -0.4 is 5.73 Å². The maximum absolute atomic E-state index is 6.02. The lowest BCUT2D eigenvalue weighted by Gasteiger charge is -2.37. The molecule has 0 spiro atoms. The number of hydrogen-bond donors (Lipinski definition) is 1. The van der Waals surface area contributed by atoms with Crippen LogP contribution in [0, 0.1) is 5.41 Å². The van der Waals surface area contributed by atoms with Crippen LogP contribution in [0.3, 0.4) is 0 Å². The second-order valence-corrected chi connectivity index (χ2v) is 5.83. The molecule has 0 aromatic carbocycles. The molecule has 2 N–H and O–H groups in total. The van der Waals surface area contributed by atoms with Crippen molar-refractivity contribution < 1.29 is 4.42 Å². The SMILES string of the molecule is CN(CCC1(CN)CCCCC1)Cc1ccco1. The van der Waals surface area contributed by atoms with Gasteiger partial charge in [0.2, 0.25) is 0 Å². The summed E-state index contributed by atoms with van der Waals surface area (Å²) in [6.45, 7) is 2.85. The Morgan fingerprint density at radius 2 is 2.11 bits per heavy atom. The maximum Gasteiger partial charge on any atom is 0.117 e. The van der Waals surface area contributed by atoms with Crippen LogP contribution in [0.4, 0.5) is 0 Å². The van der Waals surface area contributed by atoms with Crippen molar-refractivity contribution in [1.29, 1.82) is 0 Å². The molecule has 1 fully saturated rings. The number of nitrogens with zero attached hydrogens (tertiary/aromatic N) is 1. The van der Waals surface area contributed by atoms with Gasteiger partial charge in [0.05, 0.1) is 12.8 Å². The first-order valence-corrected chi connectivity index (χ1v) is 7.15. The molecule has 1 heterocycles. The van der Waals surface area contributed by atoms with E-state index in [9.17, 15) is 0 Å². The van der Waals surface area contributed by atoms with Crippen molar-refractivity contribution >= 4 is 0 Å². The minimum Gasteiger partial charge on any atom is -0.468 e. The molecule has 0 atom stereocenters. The lowest BCUT2D eigenvalue weighted by atomic mass is 9.72. The highest BCUT2D eigenvalue weighted by Gasteiger charge is 2.30. The van der Waals surface area contributed by atoms with Crippen LogP contribution in [0.2, 0.25) is 0 Å². The normalized spacial score (nSPS) is 19.3. The molecular weight excluding hydrogens is 224 g/mol. The zero-order valence-electron chi connectivity index (χ0n) is 11.5. The highest BCUT2D eigenvalue weighted by atomic mass is 16.3. The Labute approximate surface area is 110 Å². The zero-order valence-corrected chi connectivity index (χ0v) is 11.5. The Hall–Kier alpha value is -0.800. The van der Waals surface area contributed by atoms with E-state index in [1.807, 2.05) is 12.1 Å². The average molecular weight is 250 g/mol. The monoisotopic (exact) mass is 250 g/mol. The van der Waals surface area contributed by atoms with Crippen LogP contribution in [0.15, 0.2) is 22.8 Å². The lowest BCUT2D eigenvalue weighted by Crippen LogP contribution is -2.36. The van der Waals surface area contributed by atoms with Crippen molar-refractivity contribution in [2.75, 3.05) is 20.1 Å². The van der Waals surface area contributed by atoms with E-state index >= 15 is 0 Å². The molecule has 102 valence electrons. The predicted molar refractivity (Wildman–Crippen MR) is 74.2 cm³/mol. The molecule has 0 unspecified atom stereocenters. The highest BCUT2D eigenvalue weighted by Crippen LogP contribution is 2.38. The topological polar surface area (TPSA) is 42.4 Å². The zero-order chi connectivity index (χ0) is 12.8. The first-order chi connectivity index (χ1) is 8.74. The Bertz CT molecular complexity index is 328. The largest absolute Gasteiger partial charge is 0.468 e. The van der Waals surface area contributed by atoms with Gasteiger partial charge in [-0.15, -0.1) is 0 Å². The van der Waals surface area contributed by atoms with Gasteiger partial charge in [0, 0.05) is 0 Å². The molecule has 0 bridgehead atoms. The smallest absolute Gasteiger partial charge is 0.117 e. The van der Waals surface area contributed by atoms with Gasteiger partial charge >= 0.3 is 0 Å². The number of furan rings is 1. The molecule has 1 aromatic rings. The van der Waals surface area contributed by atoms with Crippen molar-refractivity contribution in [2.24, 2.45) is 11.1 Å². The Balaban J connectivity index is 1.78. The third kappa shape index (κ3) is 3.59. The molecule has 3 heteroatoms. The second kappa shape index (κ2) is 6.39. The first kappa shape index (κ1) is 13.6. The standard InChI is InChI=1S/C15H26N2O/c1-17(12-14-6-5-11-18-14)10-9-15(13-16)7-3-2-4-8-15/h5-6,11H,2-4,7-10,12-13,16H2,1H3. The van der Waals surface area contributed by atoms with E-state index < -0.39 is 0 Å². The van der Waals surface area contributed by atoms with Crippen LogP contribution >= 0.6 is 0 Å². The van der Waals surface area contributed by atoms with E-state index in [-0.39, 0.29) is 0 Å². The summed E-state index contributed by atoms with van der Waals surface area (Å²) < 4.78 is 5.38. The molecule has 0 saturated heterocycles. The molecule has 1 aliphatic carbocycles. The van der Waals surface area contributed by atoms with Crippen molar-refractivity contribution in [3.05, 3.63) is 24.2 Å². The minimum atomic E-state index is 0.412. The third-order valence-electron chi connectivity index (χ3n) is 4.38. The third-order valence-corrected chi connectivity index (χ3v) is 4.38. The molecule has 1 aliphatic rings. The van der Waals surface area contributed by atoms with Gasteiger partial charge in [-0.3, -0.25) is 4.90 Å². The van der Waals surface area contributed by atoms with E-state index in [0.29, 0.717) is 5.41 Å². The second-order valence-electron chi connectivity index (χ2n) is 5.83. The van der Waals surface area contributed by atoms with E-state index in [1.165, 1.54) is 38.5 Å². The minimum absolute atomic E-state index is 0.412. The van der Waals surface area contributed by atoms with Crippen LogP contribution in [0.1, 0.15) is 44.3 Å². The summed E-state index contributed by atoms with van der Waals surface area (Å²) in [6, 6.07) is 3.99. The van der Waals surface area contributed by atoms with Gasteiger partial charge in [-0.2, -0.15) is 0 Å². The van der Waals surface area contributed by atoms with Crippen LogP contribution in [0.25, 0.3) is 0 Å². The van der Waals surface area contributed by atoms with Gasteiger partial charge in [0.1, 0.15) is 5.76 Å². The quantitative estimate of drug-likeness (QED) is 0.844. The molecule has 18 heavy (non-hydrogen) atoms. The van der Waals surface area contributed by atoms with E-state index in [4.69, 9.17) is 10.2 Å². The van der Waals surface area contributed by atoms with Crippen LogP contribution in [-0.4, -0.2) is 25.0 Å². The fraction of sp³-hybridized carbons (Fsp3) is 0.733. The van der Waals surface area contributed by atoms with Crippen molar-refractivity contribution in [3.63, 3.8) is 0 Å². The number of rotatable bonds is 6. The Morgan fingerprint density at radius 3 is 2.72 bits per heavy atom. The van der Waals surface area contributed by atoms with Crippen molar-refractivity contribution in [2.45, 2.75) is 45.1 Å². The summed E-state index contributed by atoms with van der Waals surface area (Å²) in [5.74, 6) is 1.04. The Morgan fingerprint density at radius 1 is 1.33 bits per heavy atom. The average Bonchev–Trinajstić information content (AvgIpc) is 2.90. The summed E-state index contributed by atoms with van der Waals surface area (Å²) in [5.41, 5.74) is 6.44. The highest BCUT2D eigenvalue weighted by molar-refractivity contribution is 4.97. The molecule has 0 amide bonds. The van der Waals surface area contributed by atoms with E-state index in [0.717, 1.165) is 25.4 Å². The maximum atomic E-state index is 6.02. The molecule has 1 saturated carbocycles. The molecular formula is C15H26N2O. The van der Waals surface area contributed by atoms with Crippen molar-refractivity contribution in [3.8, 4) is 0 Å². The van der Waals surface area contributed by atoms with E-state index in [1.54, 1.807) is 6.26 Å². The fourth-order valence-electron chi connectivity index (χ4n) is 3.03. The van der Waals surface area contributed by atoms with Gasteiger partial charge in [0.25, 0.3) is 0 Å². The summed E-state index contributed by atoms with van der Waals surface area (Å²) in [4.78, 5) is 2.34. The number of hydrogen-bond acceptors (Lipinski definition) is 3. The van der Waals surface area contributed by atoms with Gasteiger partial charge in [-0.05, 0) is 56.9 Å². The molecule has 1 aromatic heterocycles.